The molecule has 0 fully saturated rings. The summed E-state index contributed by atoms with van der Waals surface area (Å²) in [6.07, 6.45) is 1.72. The Bertz CT molecular complexity index is 652. The largest absolute Gasteiger partial charge is 0.480 e. The summed E-state index contributed by atoms with van der Waals surface area (Å²) < 4.78 is 0. The maximum Gasteiger partial charge on any atom is 0.328 e. The van der Waals surface area contributed by atoms with Gasteiger partial charge in [-0.3, -0.25) is 0 Å². The van der Waals surface area contributed by atoms with Crippen molar-refractivity contribution in [3.05, 3.63) is 71.3 Å². The van der Waals surface area contributed by atoms with Gasteiger partial charge in [0.2, 0.25) is 0 Å². The number of aliphatic carboxylic acids is 1. The summed E-state index contributed by atoms with van der Waals surface area (Å²) in [7, 11) is 0. The predicted octanol–water partition coefficient (Wildman–Crippen LogP) is 2.18. The Balaban J connectivity index is 0.000000223. The van der Waals surface area contributed by atoms with Gasteiger partial charge in [0.15, 0.2) is 0 Å². The SMILES string of the molecule is O=C(O)C(CO)NC(=S)Cc1ccccc1.c1ccc2c(c1)C2. The van der Waals surface area contributed by atoms with E-state index in [1.807, 2.05) is 30.3 Å². The Kier molecular flexibility index (Phi) is 6.26. The van der Waals surface area contributed by atoms with E-state index in [1.54, 1.807) is 0 Å². The van der Waals surface area contributed by atoms with Crippen LogP contribution >= 0.6 is 12.2 Å². The summed E-state index contributed by atoms with van der Waals surface area (Å²) in [5, 5.41) is 20.1. The molecule has 2 aromatic carbocycles. The molecule has 5 heteroatoms. The number of fused-ring (bicyclic) bond motifs is 1. The van der Waals surface area contributed by atoms with Crippen molar-refractivity contribution in [3.8, 4) is 0 Å². The van der Waals surface area contributed by atoms with Crippen molar-refractivity contribution >= 4 is 23.2 Å². The Hall–Kier alpha value is -2.24. The first-order valence-corrected chi connectivity index (χ1v) is 7.74. The molecule has 1 aliphatic rings. The number of carbonyl (C=O) groups is 1. The van der Waals surface area contributed by atoms with Crippen LogP contribution in [-0.4, -0.2) is 33.8 Å². The van der Waals surface area contributed by atoms with Crippen LogP contribution in [0.3, 0.4) is 0 Å². The molecule has 0 aromatic heterocycles. The zero-order valence-corrected chi connectivity index (χ0v) is 13.4. The van der Waals surface area contributed by atoms with Gasteiger partial charge in [0.25, 0.3) is 0 Å². The summed E-state index contributed by atoms with van der Waals surface area (Å²) in [4.78, 5) is 11.0. The van der Waals surface area contributed by atoms with E-state index in [0.717, 1.165) is 5.56 Å². The zero-order valence-electron chi connectivity index (χ0n) is 12.6. The van der Waals surface area contributed by atoms with Gasteiger partial charge in [-0.2, -0.15) is 0 Å². The summed E-state index contributed by atoms with van der Waals surface area (Å²) in [5.41, 5.74) is 4.06. The Morgan fingerprint density at radius 2 is 1.65 bits per heavy atom. The number of benzene rings is 2. The van der Waals surface area contributed by atoms with E-state index < -0.39 is 18.6 Å². The average Bonchev–Trinajstić information content (AvgIpc) is 3.33. The van der Waals surface area contributed by atoms with E-state index >= 15 is 0 Å². The molecule has 1 unspecified atom stereocenters. The van der Waals surface area contributed by atoms with Crippen molar-refractivity contribution in [2.75, 3.05) is 6.61 Å². The quantitative estimate of drug-likeness (QED) is 0.626. The third-order valence-corrected chi connectivity index (χ3v) is 3.66. The van der Waals surface area contributed by atoms with Crippen LogP contribution in [0, 0.1) is 0 Å². The van der Waals surface area contributed by atoms with Gasteiger partial charge in [-0.1, -0.05) is 66.8 Å². The molecule has 0 saturated carbocycles. The molecule has 23 heavy (non-hydrogen) atoms. The minimum Gasteiger partial charge on any atom is -0.480 e. The van der Waals surface area contributed by atoms with E-state index in [0.29, 0.717) is 11.4 Å². The Morgan fingerprint density at radius 3 is 2.13 bits per heavy atom. The molecule has 4 nitrogen and oxygen atoms in total. The second-order valence-electron chi connectivity index (χ2n) is 5.25. The molecule has 120 valence electrons. The Labute approximate surface area is 140 Å². The molecule has 0 spiro atoms. The number of nitrogens with one attached hydrogen (secondary N) is 1. The van der Waals surface area contributed by atoms with Gasteiger partial charge in [0.1, 0.15) is 6.04 Å². The second kappa shape index (κ2) is 8.41. The van der Waals surface area contributed by atoms with Crippen LogP contribution in [-0.2, 0) is 17.6 Å². The maximum absolute atomic E-state index is 10.6. The number of aliphatic hydroxyl groups is 1. The summed E-state index contributed by atoms with van der Waals surface area (Å²) in [6.45, 7) is -0.482. The molecule has 0 bridgehead atoms. The number of hydrogen-bond acceptors (Lipinski definition) is 3. The lowest BCUT2D eigenvalue weighted by molar-refractivity contribution is -0.139. The molecular formula is C18H19NO3S. The third kappa shape index (κ3) is 5.81. The summed E-state index contributed by atoms with van der Waals surface area (Å²) in [5.74, 6) is -1.11. The monoisotopic (exact) mass is 329 g/mol. The molecule has 0 aliphatic heterocycles. The highest BCUT2D eigenvalue weighted by Gasteiger charge is 2.16. The van der Waals surface area contributed by atoms with E-state index in [1.165, 1.54) is 17.5 Å². The van der Waals surface area contributed by atoms with Gasteiger partial charge in [0, 0.05) is 6.42 Å². The lowest BCUT2D eigenvalue weighted by atomic mass is 10.1. The van der Waals surface area contributed by atoms with Gasteiger partial charge in [-0.05, 0) is 23.1 Å². The summed E-state index contributed by atoms with van der Waals surface area (Å²) in [6, 6.07) is 17.0. The number of carboxylic acid groups (broad SMARTS) is 1. The zero-order chi connectivity index (χ0) is 16.7. The van der Waals surface area contributed by atoms with Gasteiger partial charge < -0.3 is 15.5 Å². The van der Waals surface area contributed by atoms with Crippen LogP contribution < -0.4 is 5.32 Å². The molecule has 3 rings (SSSR count). The highest BCUT2D eigenvalue weighted by Crippen LogP contribution is 2.25. The molecule has 1 aliphatic carbocycles. The number of carboxylic acids is 1. The fraction of sp³-hybridized carbons (Fsp3) is 0.222. The van der Waals surface area contributed by atoms with E-state index in [9.17, 15) is 4.79 Å². The van der Waals surface area contributed by atoms with Crippen LogP contribution in [0.4, 0.5) is 0 Å². The first kappa shape index (κ1) is 17.1. The van der Waals surface area contributed by atoms with Crippen LogP contribution in [0.25, 0.3) is 0 Å². The van der Waals surface area contributed by atoms with Gasteiger partial charge in [-0.25, -0.2) is 4.79 Å². The standard InChI is InChI=1S/C11H13NO3S.C7H6/c13-7-9(11(14)15)12-10(16)6-8-4-2-1-3-5-8;1-2-4-7-5-6(7)3-1/h1-5,9,13H,6-7H2,(H,12,16)(H,14,15);1-4H,5H2. The first-order valence-electron chi connectivity index (χ1n) is 7.34. The minimum atomic E-state index is -1.11. The van der Waals surface area contributed by atoms with Crippen molar-refractivity contribution in [3.63, 3.8) is 0 Å². The normalized spacial score (nSPS) is 12.2. The topological polar surface area (TPSA) is 69.6 Å². The van der Waals surface area contributed by atoms with Crippen molar-refractivity contribution in [1.82, 2.24) is 5.32 Å². The van der Waals surface area contributed by atoms with E-state index in [-0.39, 0.29) is 0 Å². The first-order chi connectivity index (χ1) is 11.1. The minimum absolute atomic E-state index is 0.410. The van der Waals surface area contributed by atoms with E-state index in [2.05, 4.69) is 29.6 Å². The second-order valence-corrected chi connectivity index (χ2v) is 5.74. The van der Waals surface area contributed by atoms with Crippen LogP contribution in [0.2, 0.25) is 0 Å². The number of rotatable bonds is 5. The van der Waals surface area contributed by atoms with Crippen LogP contribution in [0.5, 0.6) is 0 Å². The predicted molar refractivity (Wildman–Crippen MR) is 93.6 cm³/mol. The fourth-order valence-corrected chi connectivity index (χ4v) is 2.36. The van der Waals surface area contributed by atoms with Gasteiger partial charge in [-0.15, -0.1) is 0 Å². The highest BCUT2D eigenvalue weighted by atomic mass is 32.1. The average molecular weight is 329 g/mol. The van der Waals surface area contributed by atoms with Gasteiger partial charge in [0.05, 0.1) is 11.6 Å². The van der Waals surface area contributed by atoms with Gasteiger partial charge >= 0.3 is 5.97 Å². The number of aliphatic hydroxyl groups excluding tert-OH is 1. The molecular weight excluding hydrogens is 310 g/mol. The summed E-state index contributed by atoms with van der Waals surface area (Å²) >= 11 is 5.01. The molecule has 0 heterocycles. The number of hydrogen-bond donors (Lipinski definition) is 3. The lowest BCUT2D eigenvalue weighted by Gasteiger charge is -2.13. The third-order valence-electron chi connectivity index (χ3n) is 3.40. The van der Waals surface area contributed by atoms with E-state index in [4.69, 9.17) is 22.4 Å². The Morgan fingerprint density at radius 1 is 1.09 bits per heavy atom. The van der Waals surface area contributed by atoms with Crippen molar-refractivity contribution in [2.45, 2.75) is 18.9 Å². The molecule has 2 aromatic rings. The molecule has 1 atom stereocenters. The molecule has 0 radical (unpaired) electrons. The lowest BCUT2D eigenvalue weighted by Crippen LogP contribution is -2.43. The highest BCUT2D eigenvalue weighted by molar-refractivity contribution is 7.80. The molecule has 3 N–H and O–H groups in total. The maximum atomic E-state index is 10.6. The van der Waals surface area contributed by atoms with Crippen molar-refractivity contribution in [2.24, 2.45) is 0 Å². The van der Waals surface area contributed by atoms with Crippen LogP contribution in [0.1, 0.15) is 16.7 Å². The van der Waals surface area contributed by atoms with Crippen LogP contribution in [0.15, 0.2) is 54.6 Å². The molecule has 0 amide bonds. The fourth-order valence-electron chi connectivity index (χ4n) is 2.05. The van der Waals surface area contributed by atoms with Crippen molar-refractivity contribution in [1.29, 1.82) is 0 Å². The molecule has 0 saturated heterocycles. The van der Waals surface area contributed by atoms with Crippen molar-refractivity contribution < 1.29 is 15.0 Å². The smallest absolute Gasteiger partial charge is 0.328 e. The number of thiocarbonyl (C=S) groups is 1.